The molecule has 0 saturated carbocycles. The molecule has 0 aromatic carbocycles. The van der Waals surface area contributed by atoms with E-state index in [1.54, 1.807) is 0 Å². The first-order valence-corrected chi connectivity index (χ1v) is 6.53. The number of rotatable bonds is 7. The van der Waals surface area contributed by atoms with Crippen molar-refractivity contribution < 1.29 is 4.74 Å². The molecule has 0 spiro atoms. The molecule has 1 aliphatic rings. The Morgan fingerprint density at radius 3 is 2.76 bits per heavy atom. The molecule has 0 atom stereocenters. The topological polar surface area (TPSA) is 12.5 Å². The van der Waals surface area contributed by atoms with Crippen LogP contribution < -0.4 is 0 Å². The van der Waals surface area contributed by atoms with Gasteiger partial charge in [-0.3, -0.25) is 0 Å². The highest BCUT2D eigenvalue weighted by molar-refractivity contribution is 5.22. The first-order chi connectivity index (χ1) is 8.27. The summed E-state index contributed by atoms with van der Waals surface area (Å²) in [5.74, 6) is 0. The van der Waals surface area contributed by atoms with Gasteiger partial charge in [0.15, 0.2) is 0 Å². The summed E-state index contributed by atoms with van der Waals surface area (Å²) in [4.78, 5) is 2.28. The summed E-state index contributed by atoms with van der Waals surface area (Å²) in [6, 6.07) is 0. The predicted octanol–water partition coefficient (Wildman–Crippen LogP) is 4.03. The minimum atomic E-state index is 0.835. The zero-order valence-electron chi connectivity index (χ0n) is 11.3. The summed E-state index contributed by atoms with van der Waals surface area (Å²) in [7, 11) is 0. The quantitative estimate of drug-likeness (QED) is 0.659. The Bertz CT molecular complexity index is 291. The van der Waals surface area contributed by atoms with Gasteiger partial charge >= 0.3 is 0 Å². The largest absolute Gasteiger partial charge is 0.372 e. The molecule has 1 aliphatic heterocycles. The SMILES string of the molecule is CCCO[C](C)CCC1=CC=CC=CN1CC. The smallest absolute Gasteiger partial charge is 0.0943 e. The van der Waals surface area contributed by atoms with Crippen LogP contribution in [0.3, 0.4) is 0 Å². The van der Waals surface area contributed by atoms with Crippen LogP contribution in [0.4, 0.5) is 0 Å². The van der Waals surface area contributed by atoms with Crippen molar-refractivity contribution in [2.24, 2.45) is 0 Å². The van der Waals surface area contributed by atoms with Crippen LogP contribution in [0.15, 0.2) is 36.2 Å². The van der Waals surface area contributed by atoms with Crippen LogP contribution in [0.5, 0.6) is 0 Å². The van der Waals surface area contributed by atoms with Crippen molar-refractivity contribution in [1.29, 1.82) is 0 Å². The van der Waals surface area contributed by atoms with E-state index in [1.165, 1.54) is 5.70 Å². The van der Waals surface area contributed by atoms with Gasteiger partial charge in [0.2, 0.25) is 0 Å². The molecular formula is C15H24NO. The van der Waals surface area contributed by atoms with Crippen LogP contribution in [0.1, 0.15) is 40.0 Å². The summed E-state index contributed by atoms with van der Waals surface area (Å²) >= 11 is 0. The number of ether oxygens (including phenoxy) is 1. The zero-order valence-corrected chi connectivity index (χ0v) is 11.3. The third-order valence-corrected chi connectivity index (χ3v) is 2.77. The molecule has 0 unspecified atom stereocenters. The molecule has 0 N–H and O–H groups in total. The first-order valence-electron chi connectivity index (χ1n) is 6.53. The Kier molecular flexibility index (Phi) is 6.71. The molecule has 0 amide bonds. The maximum Gasteiger partial charge on any atom is 0.0943 e. The Morgan fingerprint density at radius 2 is 2.06 bits per heavy atom. The Labute approximate surface area is 106 Å². The lowest BCUT2D eigenvalue weighted by molar-refractivity contribution is 0.141. The molecule has 2 heteroatoms. The summed E-state index contributed by atoms with van der Waals surface area (Å²) < 4.78 is 5.62. The molecule has 0 saturated heterocycles. The van der Waals surface area contributed by atoms with Crippen LogP contribution in [0, 0.1) is 6.10 Å². The monoisotopic (exact) mass is 234 g/mol. The third-order valence-electron chi connectivity index (χ3n) is 2.77. The Hall–Kier alpha value is -1.02. The van der Waals surface area contributed by atoms with E-state index in [9.17, 15) is 0 Å². The molecule has 0 aromatic rings. The van der Waals surface area contributed by atoms with Gasteiger partial charge in [0.25, 0.3) is 0 Å². The molecule has 0 bridgehead atoms. The maximum atomic E-state index is 5.62. The molecule has 1 rings (SSSR count). The number of nitrogens with zero attached hydrogens (tertiary/aromatic N) is 1. The van der Waals surface area contributed by atoms with Crippen LogP contribution in [0.2, 0.25) is 0 Å². The van der Waals surface area contributed by atoms with Gasteiger partial charge in [0, 0.05) is 25.0 Å². The number of allylic oxidation sites excluding steroid dienone is 5. The van der Waals surface area contributed by atoms with Crippen molar-refractivity contribution in [3.8, 4) is 0 Å². The van der Waals surface area contributed by atoms with Crippen molar-refractivity contribution in [2.45, 2.75) is 40.0 Å². The van der Waals surface area contributed by atoms with Gasteiger partial charge in [-0.15, -0.1) is 0 Å². The van der Waals surface area contributed by atoms with Crippen LogP contribution >= 0.6 is 0 Å². The van der Waals surface area contributed by atoms with Gasteiger partial charge in [0.05, 0.1) is 6.10 Å². The predicted molar refractivity (Wildman–Crippen MR) is 73.1 cm³/mol. The Balaban J connectivity index is 2.41. The molecule has 1 radical (unpaired) electrons. The summed E-state index contributed by atoms with van der Waals surface area (Å²) in [6.45, 7) is 8.24. The van der Waals surface area contributed by atoms with Crippen molar-refractivity contribution in [3.05, 3.63) is 42.3 Å². The van der Waals surface area contributed by atoms with Gasteiger partial charge in [-0.1, -0.05) is 19.1 Å². The fraction of sp³-hybridized carbons (Fsp3) is 0.533. The third kappa shape index (κ3) is 5.22. The van der Waals surface area contributed by atoms with Crippen molar-refractivity contribution >= 4 is 0 Å². The number of hydrogen-bond donors (Lipinski definition) is 0. The van der Waals surface area contributed by atoms with Gasteiger partial charge in [-0.25, -0.2) is 0 Å². The minimum Gasteiger partial charge on any atom is -0.372 e. The Morgan fingerprint density at radius 1 is 1.24 bits per heavy atom. The fourth-order valence-corrected chi connectivity index (χ4v) is 1.76. The lowest BCUT2D eigenvalue weighted by Crippen LogP contribution is -2.16. The average Bonchev–Trinajstić information content (AvgIpc) is 2.58. The van der Waals surface area contributed by atoms with Crippen LogP contribution in [0.25, 0.3) is 0 Å². The van der Waals surface area contributed by atoms with E-state index in [0.717, 1.165) is 38.5 Å². The van der Waals surface area contributed by atoms with E-state index in [1.807, 2.05) is 0 Å². The molecule has 17 heavy (non-hydrogen) atoms. The molecule has 2 nitrogen and oxygen atoms in total. The molecule has 1 heterocycles. The van der Waals surface area contributed by atoms with Gasteiger partial charge < -0.3 is 9.64 Å². The van der Waals surface area contributed by atoms with E-state index >= 15 is 0 Å². The lowest BCUT2D eigenvalue weighted by atomic mass is 10.1. The summed E-state index contributed by atoms with van der Waals surface area (Å²) in [5.41, 5.74) is 1.36. The fourth-order valence-electron chi connectivity index (χ4n) is 1.76. The van der Waals surface area contributed by atoms with Crippen LogP contribution in [-0.4, -0.2) is 18.1 Å². The summed E-state index contributed by atoms with van der Waals surface area (Å²) in [6.07, 6.45) is 14.8. The standard InChI is InChI=1S/C15H24NO/c1-4-13-17-14(3)10-11-15-9-7-6-8-12-16(15)5-2/h6-9,12H,4-5,10-11,13H2,1-3H3. The van der Waals surface area contributed by atoms with Gasteiger partial charge in [0.1, 0.15) is 0 Å². The average molecular weight is 234 g/mol. The highest BCUT2D eigenvalue weighted by Crippen LogP contribution is 2.19. The lowest BCUT2D eigenvalue weighted by Gasteiger charge is -2.22. The maximum absolute atomic E-state index is 5.62. The second-order valence-electron chi connectivity index (χ2n) is 4.22. The molecule has 0 aliphatic carbocycles. The molecule has 0 aromatic heterocycles. The van der Waals surface area contributed by atoms with E-state index in [4.69, 9.17) is 4.74 Å². The highest BCUT2D eigenvalue weighted by Gasteiger charge is 2.09. The van der Waals surface area contributed by atoms with E-state index in [0.29, 0.717) is 0 Å². The van der Waals surface area contributed by atoms with Crippen molar-refractivity contribution in [1.82, 2.24) is 4.90 Å². The number of hydrogen-bond acceptors (Lipinski definition) is 2. The second kappa shape index (κ2) is 8.13. The van der Waals surface area contributed by atoms with E-state index < -0.39 is 0 Å². The second-order valence-corrected chi connectivity index (χ2v) is 4.22. The first kappa shape index (κ1) is 14.0. The molecule has 95 valence electrons. The van der Waals surface area contributed by atoms with Gasteiger partial charge in [-0.2, -0.15) is 0 Å². The van der Waals surface area contributed by atoms with Crippen molar-refractivity contribution in [3.63, 3.8) is 0 Å². The molecule has 0 fully saturated rings. The van der Waals surface area contributed by atoms with E-state index in [2.05, 4.69) is 56.2 Å². The normalized spacial score (nSPS) is 15.3. The van der Waals surface area contributed by atoms with Crippen molar-refractivity contribution in [2.75, 3.05) is 13.2 Å². The minimum absolute atomic E-state index is 0.835. The molecular weight excluding hydrogens is 210 g/mol. The van der Waals surface area contributed by atoms with E-state index in [-0.39, 0.29) is 0 Å². The van der Waals surface area contributed by atoms with Gasteiger partial charge in [-0.05, 0) is 45.3 Å². The zero-order chi connectivity index (χ0) is 12.5. The highest BCUT2D eigenvalue weighted by atomic mass is 16.5. The van der Waals surface area contributed by atoms with Crippen LogP contribution in [-0.2, 0) is 4.74 Å². The summed E-state index contributed by atoms with van der Waals surface area (Å²) in [5, 5.41) is 0.